The van der Waals surface area contributed by atoms with Gasteiger partial charge in [-0.15, -0.1) is 11.3 Å². The molecule has 0 saturated heterocycles. The minimum Gasteiger partial charge on any atom is -0.310 e. The van der Waals surface area contributed by atoms with E-state index < -0.39 is 11.6 Å². The van der Waals surface area contributed by atoms with Gasteiger partial charge in [0.2, 0.25) is 0 Å². The molecule has 2 nitrogen and oxygen atoms in total. The van der Waals surface area contributed by atoms with Crippen molar-refractivity contribution in [1.82, 2.24) is 10.3 Å². The monoisotopic (exact) mass is 268 g/mol. The summed E-state index contributed by atoms with van der Waals surface area (Å²) in [6.07, 6.45) is 0. The number of hydrogen-bond donors (Lipinski definition) is 1. The Morgan fingerprint density at radius 2 is 2.00 bits per heavy atom. The number of rotatable bonds is 3. The van der Waals surface area contributed by atoms with Crippen molar-refractivity contribution in [2.75, 3.05) is 7.05 Å². The van der Waals surface area contributed by atoms with Gasteiger partial charge in [-0.2, -0.15) is 0 Å². The summed E-state index contributed by atoms with van der Waals surface area (Å²) in [5, 5.41) is 5.58. The standard InChI is InChI=1S/C13H14F2N2S/c1-13(2,16-3)11-7-18-12(17-11)9-5-4-8(14)6-10(9)15/h4-7,16H,1-3H3. The highest BCUT2D eigenvalue weighted by Crippen LogP contribution is 2.30. The van der Waals surface area contributed by atoms with Crippen LogP contribution < -0.4 is 5.32 Å². The number of halogens is 2. The third-order valence-electron chi connectivity index (χ3n) is 2.93. The van der Waals surface area contributed by atoms with Crippen LogP contribution in [0.15, 0.2) is 23.6 Å². The van der Waals surface area contributed by atoms with Crippen molar-refractivity contribution >= 4 is 11.3 Å². The maximum absolute atomic E-state index is 13.6. The van der Waals surface area contributed by atoms with Crippen molar-refractivity contribution in [1.29, 1.82) is 0 Å². The number of benzene rings is 1. The third-order valence-corrected chi connectivity index (χ3v) is 3.81. The lowest BCUT2D eigenvalue weighted by molar-refractivity contribution is 0.434. The highest BCUT2D eigenvalue weighted by molar-refractivity contribution is 7.13. The molecule has 0 bridgehead atoms. The first kappa shape index (κ1) is 13.1. The molecule has 2 rings (SSSR count). The molecular weight excluding hydrogens is 254 g/mol. The lowest BCUT2D eigenvalue weighted by atomic mass is 10.0. The van der Waals surface area contributed by atoms with Crippen LogP contribution in [0.1, 0.15) is 19.5 Å². The summed E-state index contributed by atoms with van der Waals surface area (Å²) in [5.74, 6) is -1.17. The molecule has 5 heteroatoms. The Morgan fingerprint density at radius 1 is 1.28 bits per heavy atom. The summed E-state index contributed by atoms with van der Waals surface area (Å²) in [5.41, 5.74) is 0.902. The van der Waals surface area contributed by atoms with E-state index in [0.29, 0.717) is 10.6 Å². The van der Waals surface area contributed by atoms with Crippen molar-refractivity contribution in [2.24, 2.45) is 0 Å². The first-order valence-electron chi connectivity index (χ1n) is 5.54. The van der Waals surface area contributed by atoms with E-state index in [2.05, 4.69) is 10.3 Å². The van der Waals surface area contributed by atoms with E-state index in [9.17, 15) is 8.78 Å². The average Bonchev–Trinajstić information content (AvgIpc) is 2.79. The quantitative estimate of drug-likeness (QED) is 0.921. The van der Waals surface area contributed by atoms with Gasteiger partial charge in [0.25, 0.3) is 0 Å². The number of aromatic nitrogens is 1. The molecule has 18 heavy (non-hydrogen) atoms. The van der Waals surface area contributed by atoms with Gasteiger partial charge in [0, 0.05) is 17.0 Å². The van der Waals surface area contributed by atoms with Crippen LogP contribution in [0.5, 0.6) is 0 Å². The fraction of sp³-hybridized carbons (Fsp3) is 0.308. The predicted octanol–water partition coefficient (Wildman–Crippen LogP) is 3.54. The summed E-state index contributed by atoms with van der Waals surface area (Å²) in [6, 6.07) is 3.53. The summed E-state index contributed by atoms with van der Waals surface area (Å²) in [6.45, 7) is 3.99. The van der Waals surface area contributed by atoms with Crippen LogP contribution in [-0.2, 0) is 5.54 Å². The fourth-order valence-corrected chi connectivity index (χ4v) is 2.49. The Balaban J connectivity index is 2.41. The van der Waals surface area contributed by atoms with Gasteiger partial charge in [-0.3, -0.25) is 0 Å². The molecule has 0 atom stereocenters. The van der Waals surface area contributed by atoms with E-state index >= 15 is 0 Å². The van der Waals surface area contributed by atoms with Crippen LogP contribution >= 0.6 is 11.3 Å². The van der Waals surface area contributed by atoms with Gasteiger partial charge in [0.05, 0.1) is 11.2 Å². The average molecular weight is 268 g/mol. The molecule has 1 heterocycles. The summed E-state index contributed by atoms with van der Waals surface area (Å²) < 4.78 is 26.5. The molecule has 1 aromatic heterocycles. The zero-order valence-electron chi connectivity index (χ0n) is 10.4. The molecule has 0 unspecified atom stereocenters. The highest BCUT2D eigenvalue weighted by Gasteiger charge is 2.22. The van der Waals surface area contributed by atoms with E-state index in [4.69, 9.17) is 0 Å². The normalized spacial score (nSPS) is 11.8. The van der Waals surface area contributed by atoms with Gasteiger partial charge in [-0.1, -0.05) is 0 Å². The summed E-state index contributed by atoms with van der Waals surface area (Å²) in [7, 11) is 1.84. The Bertz CT molecular complexity index is 564. The zero-order chi connectivity index (χ0) is 13.3. The molecule has 0 aliphatic heterocycles. The lowest BCUT2D eigenvalue weighted by Crippen LogP contribution is -2.33. The fourth-order valence-electron chi connectivity index (χ4n) is 1.48. The Kier molecular flexibility index (Phi) is 3.45. The van der Waals surface area contributed by atoms with Crippen LogP contribution in [-0.4, -0.2) is 12.0 Å². The molecule has 2 aromatic rings. The van der Waals surface area contributed by atoms with Crippen LogP contribution in [0.4, 0.5) is 8.78 Å². The number of nitrogens with one attached hydrogen (secondary N) is 1. The SMILES string of the molecule is CNC(C)(C)c1csc(-c2ccc(F)cc2F)n1. The summed E-state index contributed by atoms with van der Waals surface area (Å²) in [4.78, 5) is 4.41. The van der Waals surface area contributed by atoms with Gasteiger partial charge in [0.15, 0.2) is 0 Å². The molecule has 1 aromatic carbocycles. The van der Waals surface area contributed by atoms with Gasteiger partial charge in [0.1, 0.15) is 16.6 Å². The smallest absolute Gasteiger partial charge is 0.136 e. The molecule has 0 aliphatic carbocycles. The van der Waals surface area contributed by atoms with E-state index in [1.54, 1.807) is 0 Å². The Morgan fingerprint density at radius 3 is 2.61 bits per heavy atom. The largest absolute Gasteiger partial charge is 0.310 e. The van der Waals surface area contributed by atoms with Crippen LogP contribution in [0.2, 0.25) is 0 Å². The number of hydrogen-bond acceptors (Lipinski definition) is 3. The highest BCUT2D eigenvalue weighted by atomic mass is 32.1. The van der Waals surface area contributed by atoms with E-state index in [1.807, 2.05) is 26.3 Å². The number of nitrogens with zero attached hydrogens (tertiary/aromatic N) is 1. The predicted molar refractivity (Wildman–Crippen MR) is 69.6 cm³/mol. The first-order chi connectivity index (χ1) is 8.44. The van der Waals surface area contributed by atoms with Gasteiger partial charge >= 0.3 is 0 Å². The Hall–Kier alpha value is -1.33. The van der Waals surface area contributed by atoms with Crippen molar-refractivity contribution in [3.05, 3.63) is 40.9 Å². The van der Waals surface area contributed by atoms with Gasteiger partial charge < -0.3 is 5.32 Å². The number of thiazole rings is 1. The van der Waals surface area contributed by atoms with Gasteiger partial charge in [-0.05, 0) is 33.0 Å². The lowest BCUT2D eigenvalue weighted by Gasteiger charge is -2.21. The second kappa shape index (κ2) is 4.74. The molecule has 1 N–H and O–H groups in total. The second-order valence-electron chi connectivity index (χ2n) is 4.54. The van der Waals surface area contributed by atoms with Crippen LogP contribution in [0.3, 0.4) is 0 Å². The molecule has 0 amide bonds. The van der Waals surface area contributed by atoms with Crippen molar-refractivity contribution in [3.63, 3.8) is 0 Å². The van der Waals surface area contributed by atoms with Crippen molar-refractivity contribution in [2.45, 2.75) is 19.4 Å². The molecule has 96 valence electrons. The summed E-state index contributed by atoms with van der Waals surface area (Å²) >= 11 is 1.35. The first-order valence-corrected chi connectivity index (χ1v) is 6.42. The molecule has 0 aliphatic rings. The van der Waals surface area contributed by atoms with Gasteiger partial charge in [-0.25, -0.2) is 13.8 Å². The van der Waals surface area contributed by atoms with Crippen LogP contribution in [0, 0.1) is 11.6 Å². The minimum absolute atomic E-state index is 0.273. The minimum atomic E-state index is -0.585. The molecular formula is C13H14F2N2S. The third kappa shape index (κ3) is 2.42. The second-order valence-corrected chi connectivity index (χ2v) is 5.40. The van der Waals surface area contributed by atoms with E-state index in [1.165, 1.54) is 23.5 Å². The van der Waals surface area contributed by atoms with E-state index in [-0.39, 0.29) is 5.54 Å². The Labute approximate surface area is 109 Å². The maximum Gasteiger partial charge on any atom is 0.136 e. The molecule has 0 fully saturated rings. The topological polar surface area (TPSA) is 24.9 Å². The van der Waals surface area contributed by atoms with Crippen molar-refractivity contribution < 1.29 is 8.78 Å². The molecule has 0 radical (unpaired) electrons. The zero-order valence-corrected chi connectivity index (χ0v) is 11.2. The van der Waals surface area contributed by atoms with E-state index in [0.717, 1.165) is 11.8 Å². The van der Waals surface area contributed by atoms with Crippen LogP contribution in [0.25, 0.3) is 10.6 Å². The maximum atomic E-state index is 13.6. The van der Waals surface area contributed by atoms with Crippen molar-refractivity contribution in [3.8, 4) is 10.6 Å². The molecule has 0 spiro atoms. The molecule has 0 saturated carbocycles.